The molecule has 1 aliphatic heterocycles. The van der Waals surface area contributed by atoms with Gasteiger partial charge in [-0.15, -0.1) is 0 Å². The van der Waals surface area contributed by atoms with Crippen molar-refractivity contribution in [1.82, 2.24) is 0 Å². The molecule has 1 saturated heterocycles. The topological polar surface area (TPSA) is 52.6 Å². The van der Waals surface area contributed by atoms with Crippen molar-refractivity contribution in [2.75, 3.05) is 13.2 Å². The molecule has 0 radical (unpaired) electrons. The molecule has 4 heteroatoms. The SMILES string of the molecule is O=CCC1CCC2(OCCO2)C1C=O. The quantitative estimate of drug-likeness (QED) is 0.621. The summed E-state index contributed by atoms with van der Waals surface area (Å²) in [7, 11) is 0. The molecule has 2 rings (SSSR count). The van der Waals surface area contributed by atoms with Gasteiger partial charge in [-0.25, -0.2) is 0 Å². The average molecular weight is 198 g/mol. The van der Waals surface area contributed by atoms with Crippen LogP contribution in [0.2, 0.25) is 0 Å². The molecule has 4 nitrogen and oxygen atoms in total. The molecule has 1 heterocycles. The van der Waals surface area contributed by atoms with Gasteiger partial charge in [0.15, 0.2) is 5.79 Å². The smallest absolute Gasteiger partial charge is 0.178 e. The molecule has 1 saturated carbocycles. The zero-order chi connectivity index (χ0) is 10.0. The van der Waals surface area contributed by atoms with E-state index in [1.54, 1.807) is 0 Å². The summed E-state index contributed by atoms with van der Waals surface area (Å²) in [6.45, 7) is 1.11. The molecule has 2 atom stereocenters. The minimum absolute atomic E-state index is 0.100. The molecule has 2 fully saturated rings. The largest absolute Gasteiger partial charge is 0.347 e. The van der Waals surface area contributed by atoms with E-state index < -0.39 is 5.79 Å². The Morgan fingerprint density at radius 3 is 2.57 bits per heavy atom. The number of rotatable bonds is 3. The van der Waals surface area contributed by atoms with Gasteiger partial charge < -0.3 is 19.1 Å². The van der Waals surface area contributed by atoms with E-state index in [9.17, 15) is 9.59 Å². The zero-order valence-corrected chi connectivity index (χ0v) is 7.98. The third-order valence-corrected chi connectivity index (χ3v) is 3.20. The van der Waals surface area contributed by atoms with Crippen LogP contribution in [0.15, 0.2) is 0 Å². The van der Waals surface area contributed by atoms with E-state index in [1.165, 1.54) is 0 Å². The van der Waals surface area contributed by atoms with Gasteiger partial charge in [0.05, 0.1) is 19.1 Å². The minimum Gasteiger partial charge on any atom is -0.347 e. The minimum atomic E-state index is -0.699. The maximum atomic E-state index is 11.0. The van der Waals surface area contributed by atoms with Gasteiger partial charge in [0, 0.05) is 12.8 Å². The normalized spacial score (nSPS) is 34.9. The first-order chi connectivity index (χ1) is 6.82. The number of carbonyl (C=O) groups excluding carboxylic acids is 2. The highest BCUT2D eigenvalue weighted by Gasteiger charge is 2.52. The summed E-state index contributed by atoms with van der Waals surface area (Å²) in [5.41, 5.74) is 0. The predicted molar refractivity (Wildman–Crippen MR) is 47.6 cm³/mol. The first-order valence-electron chi connectivity index (χ1n) is 4.99. The van der Waals surface area contributed by atoms with Crippen molar-refractivity contribution in [3.63, 3.8) is 0 Å². The van der Waals surface area contributed by atoms with Gasteiger partial charge in [-0.05, 0) is 12.3 Å². The lowest BCUT2D eigenvalue weighted by Gasteiger charge is -2.27. The fraction of sp³-hybridized carbons (Fsp3) is 0.800. The number of carbonyl (C=O) groups is 2. The van der Waals surface area contributed by atoms with Gasteiger partial charge in [0.2, 0.25) is 0 Å². The molecule has 0 amide bonds. The van der Waals surface area contributed by atoms with Gasteiger partial charge in [-0.3, -0.25) is 0 Å². The van der Waals surface area contributed by atoms with Crippen molar-refractivity contribution in [3.8, 4) is 0 Å². The third-order valence-electron chi connectivity index (χ3n) is 3.20. The summed E-state index contributed by atoms with van der Waals surface area (Å²) in [6.07, 6.45) is 3.75. The first kappa shape index (κ1) is 9.80. The van der Waals surface area contributed by atoms with Crippen LogP contribution in [-0.2, 0) is 19.1 Å². The fourth-order valence-corrected chi connectivity index (χ4v) is 2.50. The Morgan fingerprint density at radius 1 is 1.29 bits per heavy atom. The van der Waals surface area contributed by atoms with Crippen molar-refractivity contribution >= 4 is 12.6 Å². The van der Waals surface area contributed by atoms with E-state index in [1.807, 2.05) is 0 Å². The van der Waals surface area contributed by atoms with Crippen molar-refractivity contribution in [2.45, 2.75) is 25.0 Å². The Balaban J connectivity index is 2.13. The Morgan fingerprint density at radius 2 is 2.00 bits per heavy atom. The Bertz CT molecular complexity index is 232. The number of hydrogen-bond acceptors (Lipinski definition) is 4. The van der Waals surface area contributed by atoms with Crippen LogP contribution in [0, 0.1) is 11.8 Å². The van der Waals surface area contributed by atoms with E-state index in [4.69, 9.17) is 9.47 Å². The third kappa shape index (κ3) is 1.38. The summed E-state index contributed by atoms with van der Waals surface area (Å²) in [5.74, 6) is -0.867. The molecule has 1 aliphatic carbocycles. The summed E-state index contributed by atoms with van der Waals surface area (Å²) in [6, 6.07) is 0. The Kier molecular flexibility index (Phi) is 2.65. The Labute approximate surface area is 82.6 Å². The molecule has 0 aromatic heterocycles. The second-order valence-electron chi connectivity index (χ2n) is 3.87. The lowest BCUT2D eigenvalue weighted by Crippen LogP contribution is -2.37. The fourth-order valence-electron chi connectivity index (χ4n) is 2.50. The molecule has 2 unspecified atom stereocenters. The van der Waals surface area contributed by atoms with E-state index in [0.717, 1.165) is 25.4 Å². The van der Waals surface area contributed by atoms with E-state index >= 15 is 0 Å². The van der Waals surface area contributed by atoms with Gasteiger partial charge >= 0.3 is 0 Å². The van der Waals surface area contributed by atoms with Gasteiger partial charge in [-0.1, -0.05) is 0 Å². The second-order valence-corrected chi connectivity index (χ2v) is 3.87. The molecule has 0 N–H and O–H groups in total. The van der Waals surface area contributed by atoms with Crippen LogP contribution in [0.3, 0.4) is 0 Å². The maximum absolute atomic E-state index is 11.0. The summed E-state index contributed by atoms with van der Waals surface area (Å²) >= 11 is 0. The molecular formula is C10H14O4. The number of ether oxygens (including phenoxy) is 2. The van der Waals surface area contributed by atoms with Crippen molar-refractivity contribution in [3.05, 3.63) is 0 Å². The van der Waals surface area contributed by atoms with E-state index in [0.29, 0.717) is 19.6 Å². The van der Waals surface area contributed by atoms with Crippen molar-refractivity contribution in [2.24, 2.45) is 11.8 Å². The molecule has 14 heavy (non-hydrogen) atoms. The lowest BCUT2D eigenvalue weighted by atomic mass is 9.92. The van der Waals surface area contributed by atoms with Crippen LogP contribution in [0.4, 0.5) is 0 Å². The Hall–Kier alpha value is -0.740. The molecule has 0 bridgehead atoms. The molecule has 78 valence electrons. The van der Waals surface area contributed by atoms with Crippen LogP contribution in [0.5, 0.6) is 0 Å². The zero-order valence-electron chi connectivity index (χ0n) is 7.98. The van der Waals surface area contributed by atoms with Crippen LogP contribution in [0.1, 0.15) is 19.3 Å². The lowest BCUT2D eigenvalue weighted by molar-refractivity contribution is -0.183. The van der Waals surface area contributed by atoms with Gasteiger partial charge in [0.1, 0.15) is 12.6 Å². The van der Waals surface area contributed by atoms with E-state index in [2.05, 4.69) is 0 Å². The van der Waals surface area contributed by atoms with Crippen LogP contribution >= 0.6 is 0 Å². The molecule has 0 aromatic carbocycles. The van der Waals surface area contributed by atoms with Crippen LogP contribution in [-0.4, -0.2) is 31.6 Å². The first-order valence-corrected chi connectivity index (χ1v) is 4.99. The van der Waals surface area contributed by atoms with Gasteiger partial charge in [0.25, 0.3) is 0 Å². The average Bonchev–Trinajstić information content (AvgIpc) is 2.77. The summed E-state index contributed by atoms with van der Waals surface area (Å²) in [5, 5.41) is 0. The van der Waals surface area contributed by atoms with Crippen molar-refractivity contribution < 1.29 is 19.1 Å². The monoisotopic (exact) mass is 198 g/mol. The molecular weight excluding hydrogens is 184 g/mol. The molecule has 0 aromatic rings. The summed E-state index contributed by atoms with van der Waals surface area (Å²) < 4.78 is 11.0. The molecule has 1 spiro atoms. The summed E-state index contributed by atoms with van der Waals surface area (Å²) in [4.78, 5) is 21.4. The highest BCUT2D eigenvalue weighted by atomic mass is 16.7. The maximum Gasteiger partial charge on any atom is 0.178 e. The second kappa shape index (κ2) is 3.79. The van der Waals surface area contributed by atoms with Gasteiger partial charge in [-0.2, -0.15) is 0 Å². The number of hydrogen-bond donors (Lipinski definition) is 0. The highest BCUT2D eigenvalue weighted by Crippen LogP contribution is 2.45. The highest BCUT2D eigenvalue weighted by molar-refractivity contribution is 5.59. The van der Waals surface area contributed by atoms with E-state index in [-0.39, 0.29) is 11.8 Å². The van der Waals surface area contributed by atoms with Crippen molar-refractivity contribution in [1.29, 1.82) is 0 Å². The number of aldehydes is 2. The molecule has 2 aliphatic rings. The predicted octanol–water partition coefficient (Wildman–Crippen LogP) is 0.544. The van der Waals surface area contributed by atoms with Crippen LogP contribution < -0.4 is 0 Å². The van der Waals surface area contributed by atoms with Crippen LogP contribution in [0.25, 0.3) is 0 Å². The standard InChI is InChI=1S/C10H14O4/c11-4-2-8-1-3-10(9(8)7-12)13-5-6-14-10/h4,7-9H,1-3,5-6H2.